The van der Waals surface area contributed by atoms with E-state index in [1.165, 1.54) is 5.56 Å². The number of amides is 1. The van der Waals surface area contributed by atoms with E-state index >= 15 is 0 Å². The van der Waals surface area contributed by atoms with Crippen molar-refractivity contribution in [3.63, 3.8) is 0 Å². The number of likely N-dealkylation sites (tertiary alicyclic amines) is 1. The van der Waals surface area contributed by atoms with Crippen LogP contribution < -0.4 is 4.90 Å². The summed E-state index contributed by atoms with van der Waals surface area (Å²) in [5.74, 6) is 1.37. The predicted octanol–water partition coefficient (Wildman–Crippen LogP) is 5.95. The van der Waals surface area contributed by atoms with E-state index in [2.05, 4.69) is 61.7 Å². The van der Waals surface area contributed by atoms with Gasteiger partial charge in [0.1, 0.15) is 5.82 Å². The monoisotopic (exact) mass is 561 g/mol. The number of benzene rings is 3. The average molecular weight is 563 g/mol. The van der Waals surface area contributed by atoms with Gasteiger partial charge >= 0.3 is 0 Å². The van der Waals surface area contributed by atoms with E-state index in [-0.39, 0.29) is 5.92 Å². The Labute approximate surface area is 239 Å². The van der Waals surface area contributed by atoms with Crippen LogP contribution in [0.15, 0.2) is 72.8 Å². The molecule has 6 nitrogen and oxygen atoms in total. The van der Waals surface area contributed by atoms with Gasteiger partial charge in [0.05, 0.1) is 23.5 Å². The molecule has 1 aromatic heterocycles. The van der Waals surface area contributed by atoms with Crippen LogP contribution in [0, 0.1) is 5.92 Å². The average Bonchev–Trinajstić information content (AvgIpc) is 3.31. The molecule has 3 aromatic carbocycles. The second-order valence-corrected chi connectivity index (χ2v) is 11.5. The molecule has 2 aliphatic heterocycles. The number of anilines is 1. The predicted molar refractivity (Wildman–Crippen MR) is 159 cm³/mol. The van der Waals surface area contributed by atoms with Gasteiger partial charge in [-0.15, -0.1) is 0 Å². The van der Waals surface area contributed by atoms with E-state index < -0.39 is 0 Å². The molecule has 39 heavy (non-hydrogen) atoms. The van der Waals surface area contributed by atoms with Crippen molar-refractivity contribution >= 4 is 45.8 Å². The fourth-order valence-corrected chi connectivity index (χ4v) is 6.14. The van der Waals surface area contributed by atoms with Crippen molar-refractivity contribution in [1.82, 2.24) is 19.4 Å². The maximum Gasteiger partial charge on any atom is 0.227 e. The lowest BCUT2D eigenvalue weighted by atomic mass is 9.96. The van der Waals surface area contributed by atoms with Crippen LogP contribution in [0.4, 0.5) is 5.69 Å². The lowest BCUT2D eigenvalue weighted by molar-refractivity contribution is -0.137. The van der Waals surface area contributed by atoms with Crippen molar-refractivity contribution in [2.75, 3.05) is 44.2 Å². The van der Waals surface area contributed by atoms with Crippen LogP contribution in [0.2, 0.25) is 10.0 Å². The van der Waals surface area contributed by atoms with Crippen molar-refractivity contribution in [3.8, 4) is 0 Å². The van der Waals surface area contributed by atoms with Crippen LogP contribution in [0.1, 0.15) is 24.2 Å². The molecule has 1 atom stereocenters. The second-order valence-electron chi connectivity index (χ2n) is 10.6. The summed E-state index contributed by atoms with van der Waals surface area (Å²) < 4.78 is 2.31. The lowest BCUT2D eigenvalue weighted by Crippen LogP contribution is -2.52. The molecule has 0 bridgehead atoms. The SMILES string of the molecule is O=C([C@@H]1CCCN(Cc2nc3ccccc3n2Cc2ccc(Cl)cc2)C1)N1CCN(c2ccc(Cl)cc2)CC1. The number of fused-ring (bicyclic) bond motifs is 1. The number of halogens is 2. The normalized spacial score (nSPS) is 18.6. The van der Waals surface area contributed by atoms with Crippen molar-refractivity contribution in [2.24, 2.45) is 5.92 Å². The summed E-state index contributed by atoms with van der Waals surface area (Å²) in [7, 11) is 0. The topological polar surface area (TPSA) is 44.6 Å². The summed E-state index contributed by atoms with van der Waals surface area (Å²) in [5, 5.41) is 1.49. The largest absolute Gasteiger partial charge is 0.368 e. The molecule has 6 rings (SSSR count). The van der Waals surface area contributed by atoms with E-state index in [0.717, 1.165) is 97.8 Å². The second kappa shape index (κ2) is 11.6. The highest BCUT2D eigenvalue weighted by Gasteiger charge is 2.31. The van der Waals surface area contributed by atoms with E-state index in [1.54, 1.807) is 0 Å². The summed E-state index contributed by atoms with van der Waals surface area (Å²) in [6, 6.07) is 24.3. The Kier molecular flexibility index (Phi) is 7.78. The van der Waals surface area contributed by atoms with Crippen LogP contribution in [-0.2, 0) is 17.9 Å². The number of piperidine rings is 1. The molecule has 1 amide bonds. The minimum Gasteiger partial charge on any atom is -0.368 e. The summed E-state index contributed by atoms with van der Waals surface area (Å²) in [6.45, 7) is 6.44. The molecule has 2 fully saturated rings. The third-order valence-electron chi connectivity index (χ3n) is 7.99. The van der Waals surface area contributed by atoms with Crippen LogP contribution in [0.3, 0.4) is 0 Å². The Morgan fingerprint density at radius 1 is 0.821 bits per heavy atom. The number of carbonyl (C=O) groups is 1. The van der Waals surface area contributed by atoms with E-state index in [9.17, 15) is 4.79 Å². The molecule has 4 aromatic rings. The minimum absolute atomic E-state index is 0.0370. The van der Waals surface area contributed by atoms with Crippen molar-refractivity contribution in [3.05, 3.63) is 94.2 Å². The zero-order valence-corrected chi connectivity index (χ0v) is 23.5. The molecule has 8 heteroatoms. The standard InChI is InChI=1S/C31H33Cl2N5O/c32-25-9-7-23(8-10-25)20-38-29-6-2-1-5-28(29)34-30(38)22-35-15-3-4-24(21-35)31(39)37-18-16-36(17-19-37)27-13-11-26(33)12-14-27/h1-2,5-14,24H,3-4,15-22H2/t24-/m1/s1. The number of aromatic nitrogens is 2. The Hall–Kier alpha value is -3.06. The molecule has 2 saturated heterocycles. The molecule has 0 N–H and O–H groups in total. The van der Waals surface area contributed by atoms with Gasteiger partial charge in [-0.05, 0) is 73.5 Å². The van der Waals surface area contributed by atoms with Gasteiger partial charge in [-0.1, -0.05) is 47.5 Å². The number of nitrogens with zero attached hydrogens (tertiary/aromatic N) is 5. The molecule has 0 radical (unpaired) electrons. The molecule has 0 aliphatic carbocycles. The van der Waals surface area contributed by atoms with Gasteiger partial charge in [-0.3, -0.25) is 9.69 Å². The Bertz CT molecular complexity index is 1430. The molecule has 0 unspecified atom stereocenters. The highest BCUT2D eigenvalue weighted by Crippen LogP contribution is 2.25. The molecule has 0 spiro atoms. The Morgan fingerprint density at radius 3 is 2.26 bits per heavy atom. The van der Waals surface area contributed by atoms with E-state index in [4.69, 9.17) is 28.2 Å². The van der Waals surface area contributed by atoms with Crippen molar-refractivity contribution in [2.45, 2.75) is 25.9 Å². The number of hydrogen-bond acceptors (Lipinski definition) is 4. The zero-order valence-electron chi connectivity index (χ0n) is 22.0. The van der Waals surface area contributed by atoms with Gasteiger partial charge in [0, 0.05) is 55.0 Å². The maximum absolute atomic E-state index is 13.5. The van der Waals surface area contributed by atoms with E-state index in [1.807, 2.05) is 30.3 Å². The fourth-order valence-electron chi connectivity index (χ4n) is 5.89. The number of imidazole rings is 1. The number of rotatable bonds is 6. The van der Waals surface area contributed by atoms with E-state index in [0.29, 0.717) is 5.91 Å². The molecular formula is C31H33Cl2N5O. The summed E-state index contributed by atoms with van der Waals surface area (Å²) >= 11 is 12.2. The fraction of sp³-hybridized carbons (Fsp3) is 0.355. The third-order valence-corrected chi connectivity index (χ3v) is 8.49. The highest BCUT2D eigenvalue weighted by molar-refractivity contribution is 6.30. The first-order valence-electron chi connectivity index (χ1n) is 13.7. The van der Waals surface area contributed by atoms with Crippen LogP contribution >= 0.6 is 23.2 Å². The molecule has 2 aliphatic rings. The van der Waals surface area contributed by atoms with Crippen LogP contribution in [-0.4, -0.2) is 64.5 Å². The number of hydrogen-bond donors (Lipinski definition) is 0. The van der Waals surface area contributed by atoms with Crippen molar-refractivity contribution < 1.29 is 4.79 Å². The first-order valence-corrected chi connectivity index (χ1v) is 14.5. The summed E-state index contributed by atoms with van der Waals surface area (Å²) in [4.78, 5) is 25.4. The van der Waals surface area contributed by atoms with Gasteiger partial charge in [0.15, 0.2) is 0 Å². The summed E-state index contributed by atoms with van der Waals surface area (Å²) in [5.41, 5.74) is 4.49. The highest BCUT2D eigenvalue weighted by atomic mass is 35.5. The minimum atomic E-state index is 0.0370. The summed E-state index contributed by atoms with van der Waals surface area (Å²) in [6.07, 6.45) is 1.98. The van der Waals surface area contributed by atoms with Gasteiger partial charge in [0.2, 0.25) is 5.91 Å². The molecular weight excluding hydrogens is 529 g/mol. The van der Waals surface area contributed by atoms with Gasteiger partial charge < -0.3 is 14.4 Å². The lowest BCUT2D eigenvalue weighted by Gasteiger charge is -2.39. The van der Waals surface area contributed by atoms with Gasteiger partial charge in [-0.2, -0.15) is 0 Å². The quantitative estimate of drug-likeness (QED) is 0.291. The molecule has 0 saturated carbocycles. The third kappa shape index (κ3) is 5.93. The smallest absolute Gasteiger partial charge is 0.227 e. The Balaban J connectivity index is 1.12. The van der Waals surface area contributed by atoms with Gasteiger partial charge in [0.25, 0.3) is 0 Å². The van der Waals surface area contributed by atoms with Gasteiger partial charge in [-0.25, -0.2) is 4.98 Å². The number of carbonyl (C=O) groups excluding carboxylic acids is 1. The molecule has 3 heterocycles. The number of para-hydroxylation sites is 2. The Morgan fingerprint density at radius 2 is 1.51 bits per heavy atom. The first kappa shape index (κ1) is 26.2. The zero-order chi connectivity index (χ0) is 26.8. The maximum atomic E-state index is 13.5. The van der Waals surface area contributed by atoms with Crippen molar-refractivity contribution in [1.29, 1.82) is 0 Å². The number of piperazine rings is 1. The molecule has 202 valence electrons. The van der Waals surface area contributed by atoms with Crippen LogP contribution in [0.25, 0.3) is 11.0 Å². The van der Waals surface area contributed by atoms with Crippen LogP contribution in [0.5, 0.6) is 0 Å². The first-order chi connectivity index (χ1) is 19.0.